The molecule has 1 amide bonds. The molecule has 0 fully saturated rings. The first-order valence-electron chi connectivity index (χ1n) is 7.30. The number of aryl methyl sites for hydroxylation is 1. The number of nitrogens with two attached hydrogens (primary N) is 1. The second-order valence-corrected chi connectivity index (χ2v) is 5.28. The van der Waals surface area contributed by atoms with E-state index in [1.54, 1.807) is 18.1 Å². The number of carbonyl (C=O) groups is 1. The fourth-order valence-electron chi connectivity index (χ4n) is 2.30. The zero-order chi connectivity index (χ0) is 15.9. The van der Waals surface area contributed by atoms with Crippen molar-refractivity contribution in [2.75, 3.05) is 26.0 Å². The lowest BCUT2D eigenvalue weighted by molar-refractivity contribution is 0.0679. The minimum atomic E-state index is -0.0225. The molecule has 0 saturated carbocycles. The standard InChI is InChI=1S/C18H22N2O2/c1-14-8-9-16(19)12-17(14)18(21)20(10-11-22-2)13-15-6-4-3-5-7-15/h3-9,12H,10-11,13,19H2,1-2H3. The van der Waals surface area contributed by atoms with Crippen molar-refractivity contribution in [2.24, 2.45) is 0 Å². The average Bonchev–Trinajstić information content (AvgIpc) is 2.54. The van der Waals surface area contributed by atoms with E-state index >= 15 is 0 Å². The van der Waals surface area contributed by atoms with Crippen LogP contribution < -0.4 is 5.73 Å². The maximum atomic E-state index is 12.8. The molecule has 0 spiro atoms. The number of amides is 1. The number of hydrogen-bond donors (Lipinski definition) is 1. The maximum absolute atomic E-state index is 12.8. The molecule has 0 aliphatic carbocycles. The van der Waals surface area contributed by atoms with Crippen LogP contribution >= 0.6 is 0 Å². The van der Waals surface area contributed by atoms with E-state index in [0.29, 0.717) is 30.9 Å². The molecule has 0 saturated heterocycles. The van der Waals surface area contributed by atoms with E-state index in [4.69, 9.17) is 10.5 Å². The molecule has 4 heteroatoms. The molecular weight excluding hydrogens is 276 g/mol. The number of hydrogen-bond acceptors (Lipinski definition) is 3. The van der Waals surface area contributed by atoms with E-state index in [1.165, 1.54) is 0 Å². The van der Waals surface area contributed by atoms with E-state index in [0.717, 1.165) is 11.1 Å². The summed E-state index contributed by atoms with van der Waals surface area (Å²) in [6.45, 7) is 3.51. The Morgan fingerprint density at radius 2 is 1.91 bits per heavy atom. The van der Waals surface area contributed by atoms with E-state index in [1.807, 2.05) is 49.4 Å². The topological polar surface area (TPSA) is 55.6 Å². The van der Waals surface area contributed by atoms with Crippen LogP contribution in [0.1, 0.15) is 21.5 Å². The highest BCUT2D eigenvalue weighted by atomic mass is 16.5. The van der Waals surface area contributed by atoms with Gasteiger partial charge < -0.3 is 15.4 Å². The van der Waals surface area contributed by atoms with Crippen LogP contribution in [-0.2, 0) is 11.3 Å². The van der Waals surface area contributed by atoms with Gasteiger partial charge in [-0.1, -0.05) is 36.4 Å². The smallest absolute Gasteiger partial charge is 0.254 e. The van der Waals surface area contributed by atoms with Crippen molar-refractivity contribution in [2.45, 2.75) is 13.5 Å². The van der Waals surface area contributed by atoms with Crippen molar-refractivity contribution in [1.29, 1.82) is 0 Å². The SMILES string of the molecule is COCCN(Cc1ccccc1)C(=O)c1cc(N)ccc1C. The van der Waals surface area contributed by atoms with Gasteiger partial charge in [0.05, 0.1) is 6.61 Å². The molecule has 22 heavy (non-hydrogen) atoms. The van der Waals surface area contributed by atoms with Crippen molar-refractivity contribution in [1.82, 2.24) is 4.90 Å². The summed E-state index contributed by atoms with van der Waals surface area (Å²) in [5.41, 5.74) is 9.08. The molecule has 4 nitrogen and oxygen atoms in total. The molecular formula is C18H22N2O2. The molecule has 2 rings (SSSR count). The molecule has 116 valence electrons. The first-order valence-corrected chi connectivity index (χ1v) is 7.30. The van der Waals surface area contributed by atoms with Gasteiger partial charge in [0.25, 0.3) is 5.91 Å². The summed E-state index contributed by atoms with van der Waals surface area (Å²) in [5.74, 6) is -0.0225. The Bertz CT molecular complexity index is 626. The summed E-state index contributed by atoms with van der Waals surface area (Å²) in [5, 5.41) is 0. The zero-order valence-electron chi connectivity index (χ0n) is 13.1. The minimum Gasteiger partial charge on any atom is -0.399 e. The second kappa shape index (κ2) is 7.61. The molecule has 2 N–H and O–H groups in total. The lowest BCUT2D eigenvalue weighted by atomic mass is 10.1. The monoisotopic (exact) mass is 298 g/mol. The van der Waals surface area contributed by atoms with Crippen molar-refractivity contribution < 1.29 is 9.53 Å². The van der Waals surface area contributed by atoms with Gasteiger partial charge in [-0.2, -0.15) is 0 Å². The normalized spacial score (nSPS) is 10.5. The third-order valence-corrected chi connectivity index (χ3v) is 3.56. The van der Waals surface area contributed by atoms with E-state index in [2.05, 4.69) is 0 Å². The molecule has 0 atom stereocenters. The molecule has 0 aromatic heterocycles. The van der Waals surface area contributed by atoms with Crippen LogP contribution in [0.25, 0.3) is 0 Å². The molecule has 0 heterocycles. The molecule has 0 radical (unpaired) electrons. The molecule has 0 bridgehead atoms. The van der Waals surface area contributed by atoms with Gasteiger partial charge in [0.15, 0.2) is 0 Å². The number of nitrogen functional groups attached to an aromatic ring is 1. The molecule has 2 aromatic carbocycles. The third kappa shape index (κ3) is 4.09. The van der Waals surface area contributed by atoms with Gasteiger partial charge >= 0.3 is 0 Å². The lowest BCUT2D eigenvalue weighted by Crippen LogP contribution is -2.34. The van der Waals surface area contributed by atoms with Crippen LogP contribution in [0.4, 0.5) is 5.69 Å². The number of benzene rings is 2. The molecule has 0 aliphatic heterocycles. The highest BCUT2D eigenvalue weighted by Crippen LogP contribution is 2.16. The zero-order valence-corrected chi connectivity index (χ0v) is 13.1. The predicted octanol–water partition coefficient (Wildman–Crippen LogP) is 2.87. The fourth-order valence-corrected chi connectivity index (χ4v) is 2.30. The predicted molar refractivity (Wildman–Crippen MR) is 88.6 cm³/mol. The Morgan fingerprint density at radius 3 is 2.59 bits per heavy atom. The summed E-state index contributed by atoms with van der Waals surface area (Å²) in [4.78, 5) is 14.6. The quantitative estimate of drug-likeness (QED) is 0.834. The lowest BCUT2D eigenvalue weighted by Gasteiger charge is -2.23. The summed E-state index contributed by atoms with van der Waals surface area (Å²) < 4.78 is 5.13. The number of rotatable bonds is 6. The van der Waals surface area contributed by atoms with Gasteiger partial charge in [0.1, 0.15) is 0 Å². The molecule has 0 unspecified atom stereocenters. The van der Waals surface area contributed by atoms with Crippen LogP contribution in [0.3, 0.4) is 0 Å². The van der Waals surface area contributed by atoms with Crippen molar-refractivity contribution in [3.8, 4) is 0 Å². The van der Waals surface area contributed by atoms with E-state index in [9.17, 15) is 4.79 Å². The van der Waals surface area contributed by atoms with E-state index < -0.39 is 0 Å². The van der Waals surface area contributed by atoms with Crippen molar-refractivity contribution >= 4 is 11.6 Å². The number of anilines is 1. The van der Waals surface area contributed by atoms with Crippen LogP contribution in [-0.4, -0.2) is 31.1 Å². The summed E-state index contributed by atoms with van der Waals surface area (Å²) in [6, 6.07) is 15.4. The van der Waals surface area contributed by atoms with Crippen molar-refractivity contribution in [3.63, 3.8) is 0 Å². The largest absolute Gasteiger partial charge is 0.399 e. The highest BCUT2D eigenvalue weighted by molar-refractivity contribution is 5.96. The van der Waals surface area contributed by atoms with Gasteiger partial charge in [-0.05, 0) is 30.2 Å². The van der Waals surface area contributed by atoms with Crippen LogP contribution in [0.5, 0.6) is 0 Å². The van der Waals surface area contributed by atoms with Crippen LogP contribution in [0.2, 0.25) is 0 Å². The highest BCUT2D eigenvalue weighted by Gasteiger charge is 2.18. The Hall–Kier alpha value is -2.33. The first-order chi connectivity index (χ1) is 10.6. The van der Waals surface area contributed by atoms with Gasteiger partial charge in [0, 0.05) is 31.5 Å². The minimum absolute atomic E-state index is 0.0225. The van der Waals surface area contributed by atoms with E-state index in [-0.39, 0.29) is 5.91 Å². The molecule has 2 aromatic rings. The van der Waals surface area contributed by atoms with Crippen molar-refractivity contribution in [3.05, 3.63) is 65.2 Å². The number of nitrogens with zero attached hydrogens (tertiary/aromatic N) is 1. The van der Waals surface area contributed by atoms with Crippen LogP contribution in [0, 0.1) is 6.92 Å². The Kier molecular flexibility index (Phi) is 5.55. The fraction of sp³-hybridized carbons (Fsp3) is 0.278. The van der Waals surface area contributed by atoms with Gasteiger partial charge in [0.2, 0.25) is 0 Å². The summed E-state index contributed by atoms with van der Waals surface area (Å²) >= 11 is 0. The Labute approximate surface area is 131 Å². The average molecular weight is 298 g/mol. The summed E-state index contributed by atoms with van der Waals surface area (Å²) in [6.07, 6.45) is 0. The Morgan fingerprint density at radius 1 is 1.18 bits per heavy atom. The third-order valence-electron chi connectivity index (χ3n) is 3.56. The molecule has 0 aliphatic rings. The van der Waals surface area contributed by atoms with Gasteiger partial charge in [-0.15, -0.1) is 0 Å². The Balaban J connectivity index is 2.24. The second-order valence-electron chi connectivity index (χ2n) is 5.28. The van der Waals surface area contributed by atoms with Gasteiger partial charge in [-0.25, -0.2) is 0 Å². The number of carbonyl (C=O) groups excluding carboxylic acids is 1. The number of ether oxygens (including phenoxy) is 1. The van der Waals surface area contributed by atoms with Crippen LogP contribution in [0.15, 0.2) is 48.5 Å². The maximum Gasteiger partial charge on any atom is 0.254 e. The number of methoxy groups -OCH3 is 1. The summed E-state index contributed by atoms with van der Waals surface area (Å²) in [7, 11) is 1.64. The first kappa shape index (κ1) is 16.0. The van der Waals surface area contributed by atoms with Gasteiger partial charge in [-0.3, -0.25) is 4.79 Å².